The lowest BCUT2D eigenvalue weighted by Gasteiger charge is -2.32. The highest BCUT2D eigenvalue weighted by atomic mass is 32.2. The van der Waals surface area contributed by atoms with Crippen molar-refractivity contribution in [3.8, 4) is 0 Å². The molecule has 1 fully saturated rings. The van der Waals surface area contributed by atoms with Gasteiger partial charge in [-0.05, 0) is 36.5 Å². The molecule has 0 bridgehead atoms. The Labute approximate surface area is 179 Å². The maximum absolute atomic E-state index is 12.7. The topological polar surface area (TPSA) is 75.4 Å². The van der Waals surface area contributed by atoms with Gasteiger partial charge in [-0.3, -0.25) is 9.59 Å². The fourth-order valence-corrected chi connectivity index (χ4v) is 5.09. The number of rotatable bonds is 7. The molecule has 0 radical (unpaired) electrons. The highest BCUT2D eigenvalue weighted by Gasteiger charge is 2.24. The van der Waals surface area contributed by atoms with Crippen molar-refractivity contribution in [1.29, 1.82) is 0 Å². The molecule has 1 atom stereocenters. The summed E-state index contributed by atoms with van der Waals surface area (Å²) in [6, 6.07) is 17.5. The van der Waals surface area contributed by atoms with Gasteiger partial charge in [0.05, 0.1) is 17.5 Å². The number of fused-ring (bicyclic) bond motifs is 1. The van der Waals surface area contributed by atoms with Crippen molar-refractivity contribution in [2.45, 2.75) is 31.0 Å². The van der Waals surface area contributed by atoms with Gasteiger partial charge in [-0.1, -0.05) is 54.2 Å². The normalized spacial score (nSPS) is 16.7. The first kappa shape index (κ1) is 20.5. The van der Waals surface area contributed by atoms with Crippen LogP contribution in [0.1, 0.15) is 18.4 Å². The molecule has 4 rings (SSSR count). The summed E-state index contributed by atoms with van der Waals surface area (Å²) in [5.41, 5.74) is 2.69. The van der Waals surface area contributed by atoms with E-state index in [9.17, 15) is 14.7 Å². The van der Waals surface area contributed by atoms with E-state index in [-0.39, 0.29) is 12.5 Å². The van der Waals surface area contributed by atoms with Crippen LogP contribution in [0.5, 0.6) is 0 Å². The fraction of sp³-hybridized carbons (Fsp3) is 0.348. The van der Waals surface area contributed by atoms with Crippen molar-refractivity contribution in [3.05, 3.63) is 60.2 Å². The molecule has 7 heteroatoms. The van der Waals surface area contributed by atoms with E-state index in [4.69, 9.17) is 0 Å². The van der Waals surface area contributed by atoms with Crippen molar-refractivity contribution in [1.82, 2.24) is 14.5 Å². The fourth-order valence-electron chi connectivity index (χ4n) is 3.95. The van der Waals surface area contributed by atoms with E-state index >= 15 is 0 Å². The van der Waals surface area contributed by atoms with Gasteiger partial charge in [0.2, 0.25) is 5.91 Å². The molecule has 2 aromatic carbocycles. The van der Waals surface area contributed by atoms with Crippen molar-refractivity contribution in [2.24, 2.45) is 5.92 Å². The minimum atomic E-state index is -0.879. The lowest BCUT2D eigenvalue weighted by atomic mass is 9.99. The number of carbonyl (C=O) groups is 2. The third kappa shape index (κ3) is 4.84. The van der Waals surface area contributed by atoms with Crippen molar-refractivity contribution in [3.63, 3.8) is 0 Å². The van der Waals surface area contributed by atoms with Crippen molar-refractivity contribution < 1.29 is 14.7 Å². The van der Waals surface area contributed by atoms with Gasteiger partial charge in [-0.15, -0.1) is 0 Å². The molecule has 30 heavy (non-hydrogen) atoms. The molecule has 1 aliphatic heterocycles. The number of benzene rings is 2. The van der Waals surface area contributed by atoms with E-state index < -0.39 is 5.97 Å². The average molecular weight is 424 g/mol. The van der Waals surface area contributed by atoms with E-state index in [0.29, 0.717) is 12.3 Å². The maximum Gasteiger partial charge on any atom is 0.323 e. The molecule has 3 aromatic rings. The first-order chi connectivity index (χ1) is 14.6. The Morgan fingerprint density at radius 2 is 1.87 bits per heavy atom. The molecule has 1 saturated heterocycles. The van der Waals surface area contributed by atoms with Crippen LogP contribution in [0.3, 0.4) is 0 Å². The number of carboxylic acid groups (broad SMARTS) is 1. The predicted octanol–water partition coefficient (Wildman–Crippen LogP) is 3.69. The monoisotopic (exact) mass is 423 g/mol. The van der Waals surface area contributed by atoms with Crippen LogP contribution < -0.4 is 0 Å². The van der Waals surface area contributed by atoms with Gasteiger partial charge in [-0.2, -0.15) is 0 Å². The Bertz CT molecular complexity index is 1030. The molecule has 6 nitrogen and oxygen atoms in total. The van der Waals surface area contributed by atoms with E-state index in [1.807, 2.05) is 59.5 Å². The molecule has 2 heterocycles. The Balaban J connectivity index is 1.40. The summed E-state index contributed by atoms with van der Waals surface area (Å²) in [5.74, 6) is 0.490. The van der Waals surface area contributed by atoms with Crippen LogP contribution in [0.4, 0.5) is 0 Å². The second-order valence-electron chi connectivity index (χ2n) is 7.68. The number of para-hydroxylation sites is 2. The van der Waals surface area contributed by atoms with Gasteiger partial charge in [0.25, 0.3) is 0 Å². The standard InChI is InChI=1S/C23H25N3O3S/c27-21(13-17-7-2-1-3-8-17)25-12-6-9-18(14-25)16-30-23-24-19-10-4-5-11-20(19)26(23)15-22(28)29/h1-5,7-8,10-11,18H,6,9,12-16H2,(H,28,29). The first-order valence-corrected chi connectivity index (χ1v) is 11.2. The van der Waals surface area contributed by atoms with Gasteiger partial charge in [-0.25, -0.2) is 4.98 Å². The molecule has 1 aliphatic rings. The van der Waals surface area contributed by atoms with Crippen molar-refractivity contribution >= 4 is 34.7 Å². The molecule has 1 unspecified atom stereocenters. The quantitative estimate of drug-likeness (QED) is 0.587. The smallest absolute Gasteiger partial charge is 0.323 e. The van der Waals surface area contributed by atoms with Gasteiger partial charge < -0.3 is 14.6 Å². The lowest BCUT2D eigenvalue weighted by Crippen LogP contribution is -2.41. The molecular formula is C23H25N3O3S. The highest BCUT2D eigenvalue weighted by molar-refractivity contribution is 7.99. The maximum atomic E-state index is 12.7. The number of carboxylic acids is 1. The third-order valence-corrected chi connectivity index (χ3v) is 6.64. The summed E-state index contributed by atoms with van der Waals surface area (Å²) in [6.07, 6.45) is 2.51. The van der Waals surface area contributed by atoms with E-state index in [1.165, 1.54) is 0 Å². The number of imidazole rings is 1. The average Bonchev–Trinajstić information content (AvgIpc) is 3.10. The van der Waals surface area contributed by atoms with E-state index in [2.05, 4.69) is 4.98 Å². The number of hydrogen-bond acceptors (Lipinski definition) is 4. The zero-order chi connectivity index (χ0) is 20.9. The minimum absolute atomic E-state index is 0.102. The summed E-state index contributed by atoms with van der Waals surface area (Å²) >= 11 is 1.59. The van der Waals surface area contributed by atoms with Crippen LogP contribution >= 0.6 is 11.8 Å². The number of thioether (sulfide) groups is 1. The zero-order valence-corrected chi connectivity index (χ0v) is 17.6. The van der Waals surface area contributed by atoms with Gasteiger partial charge in [0.15, 0.2) is 5.16 Å². The molecule has 1 aromatic heterocycles. The minimum Gasteiger partial charge on any atom is -0.480 e. The summed E-state index contributed by atoms with van der Waals surface area (Å²) in [7, 11) is 0. The third-order valence-electron chi connectivity index (χ3n) is 5.43. The van der Waals surface area contributed by atoms with Gasteiger partial charge in [0, 0.05) is 18.8 Å². The molecule has 1 N–H and O–H groups in total. The summed E-state index contributed by atoms with van der Waals surface area (Å²) in [5, 5.41) is 10.0. The largest absolute Gasteiger partial charge is 0.480 e. The molecule has 156 valence electrons. The van der Waals surface area contributed by atoms with Crippen molar-refractivity contribution in [2.75, 3.05) is 18.8 Å². The highest BCUT2D eigenvalue weighted by Crippen LogP contribution is 2.28. The number of amides is 1. The summed E-state index contributed by atoms with van der Waals surface area (Å²) in [4.78, 5) is 30.7. The van der Waals surface area contributed by atoms with Crippen LogP contribution in [0.25, 0.3) is 11.0 Å². The van der Waals surface area contributed by atoms with Gasteiger partial charge >= 0.3 is 5.97 Å². The number of piperidine rings is 1. The Kier molecular flexibility index (Phi) is 6.38. The zero-order valence-electron chi connectivity index (χ0n) is 16.7. The van der Waals surface area contributed by atoms with Crippen LogP contribution in [0.2, 0.25) is 0 Å². The number of carbonyl (C=O) groups excluding carboxylic acids is 1. The number of aliphatic carboxylic acids is 1. The Hall–Kier alpha value is -2.80. The van der Waals surface area contributed by atoms with Crippen LogP contribution in [0.15, 0.2) is 59.8 Å². The molecule has 0 saturated carbocycles. The Morgan fingerprint density at radius 3 is 2.67 bits per heavy atom. The van der Waals surface area contributed by atoms with Crippen LogP contribution in [-0.2, 0) is 22.6 Å². The molecule has 0 aliphatic carbocycles. The second-order valence-corrected chi connectivity index (χ2v) is 8.67. The Morgan fingerprint density at radius 1 is 1.10 bits per heavy atom. The lowest BCUT2D eigenvalue weighted by molar-refractivity contribution is -0.137. The summed E-state index contributed by atoms with van der Waals surface area (Å²) in [6.45, 7) is 1.46. The first-order valence-electron chi connectivity index (χ1n) is 10.2. The number of aromatic nitrogens is 2. The number of nitrogens with zero attached hydrogens (tertiary/aromatic N) is 3. The summed E-state index contributed by atoms with van der Waals surface area (Å²) < 4.78 is 1.77. The van der Waals surface area contributed by atoms with Gasteiger partial charge in [0.1, 0.15) is 6.54 Å². The SMILES string of the molecule is O=C(O)Cn1c(SCC2CCCN(C(=O)Cc3ccccc3)C2)nc2ccccc21. The van der Waals surface area contributed by atoms with E-state index in [1.54, 1.807) is 16.3 Å². The molecule has 1 amide bonds. The van der Waals surface area contributed by atoms with Crippen LogP contribution in [0, 0.1) is 5.92 Å². The molecular weight excluding hydrogens is 398 g/mol. The van der Waals surface area contributed by atoms with Crippen LogP contribution in [-0.4, -0.2) is 50.3 Å². The molecule has 0 spiro atoms. The number of hydrogen-bond donors (Lipinski definition) is 1. The van der Waals surface area contributed by atoms with E-state index in [0.717, 1.165) is 53.4 Å². The predicted molar refractivity (Wildman–Crippen MR) is 118 cm³/mol. The second kappa shape index (κ2) is 9.34. The number of likely N-dealkylation sites (tertiary alicyclic amines) is 1.